The maximum Gasteiger partial charge on any atom is 0.0478 e. The van der Waals surface area contributed by atoms with Gasteiger partial charge in [-0.05, 0) is 42.3 Å². The van der Waals surface area contributed by atoms with Crippen LogP contribution in [0.5, 0.6) is 0 Å². The molecule has 0 spiro atoms. The number of hydrogen-bond acceptors (Lipinski definition) is 2. The highest BCUT2D eigenvalue weighted by Crippen LogP contribution is 2.41. The Morgan fingerprint density at radius 3 is 2.20 bits per heavy atom. The monoisotopic (exact) mass is 272 g/mol. The van der Waals surface area contributed by atoms with E-state index in [1.807, 2.05) is 0 Å². The van der Waals surface area contributed by atoms with Crippen LogP contribution in [0.4, 0.5) is 0 Å². The molecule has 0 bridgehead atoms. The highest BCUT2D eigenvalue weighted by Gasteiger charge is 2.39. The molecule has 1 N–H and O–H groups in total. The Morgan fingerprint density at radius 2 is 1.60 bits per heavy atom. The van der Waals surface area contributed by atoms with Gasteiger partial charge in [0.15, 0.2) is 0 Å². The van der Waals surface area contributed by atoms with Crippen LogP contribution in [0.1, 0.15) is 50.3 Å². The van der Waals surface area contributed by atoms with Gasteiger partial charge in [0, 0.05) is 25.2 Å². The predicted octanol–water partition coefficient (Wildman–Crippen LogP) is 3.41. The number of hydrogen-bond donors (Lipinski definition) is 1. The number of rotatable bonds is 2. The van der Waals surface area contributed by atoms with Crippen molar-refractivity contribution in [2.24, 2.45) is 11.8 Å². The third kappa shape index (κ3) is 2.29. The quantitative estimate of drug-likeness (QED) is 0.887. The van der Waals surface area contributed by atoms with Crippen molar-refractivity contribution in [3.8, 4) is 0 Å². The van der Waals surface area contributed by atoms with E-state index in [1.165, 1.54) is 25.1 Å². The van der Waals surface area contributed by atoms with Crippen molar-refractivity contribution in [3.63, 3.8) is 0 Å². The summed E-state index contributed by atoms with van der Waals surface area (Å²) in [5.74, 6) is 2.34. The topological polar surface area (TPSA) is 15.3 Å². The first-order chi connectivity index (χ1) is 9.61. The molecule has 3 rings (SSSR count). The Kier molecular flexibility index (Phi) is 3.87. The Bertz CT molecular complexity index is 460. The Balaban J connectivity index is 1.90. The van der Waals surface area contributed by atoms with E-state index in [-0.39, 0.29) is 0 Å². The van der Waals surface area contributed by atoms with Crippen molar-refractivity contribution >= 4 is 0 Å². The molecule has 5 atom stereocenters. The minimum absolute atomic E-state index is 0.486. The standard InChI is InChI=1S/C18H28N2/c1-12-9-17(20-10-13(2)14(3)11-20)18(19-4)16-8-6-5-7-15(12)16/h5-8,12-14,17-19H,9-11H2,1-4H3. The Labute approximate surface area is 123 Å². The fraction of sp³-hybridized carbons (Fsp3) is 0.667. The second-order valence-electron chi connectivity index (χ2n) is 7.01. The lowest BCUT2D eigenvalue weighted by molar-refractivity contribution is 0.160. The Morgan fingerprint density at radius 1 is 1.00 bits per heavy atom. The molecule has 5 unspecified atom stereocenters. The molecule has 1 saturated heterocycles. The summed E-state index contributed by atoms with van der Waals surface area (Å²) < 4.78 is 0. The van der Waals surface area contributed by atoms with Crippen molar-refractivity contribution in [1.29, 1.82) is 0 Å². The SMILES string of the molecule is CNC1c2ccccc2C(C)CC1N1CC(C)C(C)C1. The van der Waals surface area contributed by atoms with Crippen molar-refractivity contribution in [2.75, 3.05) is 20.1 Å². The van der Waals surface area contributed by atoms with Crippen LogP contribution in [0.15, 0.2) is 24.3 Å². The fourth-order valence-electron chi connectivity index (χ4n) is 4.23. The summed E-state index contributed by atoms with van der Waals surface area (Å²) in [6.07, 6.45) is 1.28. The highest BCUT2D eigenvalue weighted by atomic mass is 15.2. The summed E-state index contributed by atoms with van der Waals surface area (Å²) in [5, 5.41) is 3.60. The zero-order valence-electron chi connectivity index (χ0n) is 13.3. The minimum Gasteiger partial charge on any atom is -0.312 e. The van der Waals surface area contributed by atoms with Crippen LogP contribution >= 0.6 is 0 Å². The van der Waals surface area contributed by atoms with Crippen molar-refractivity contribution in [1.82, 2.24) is 10.2 Å². The van der Waals surface area contributed by atoms with E-state index < -0.39 is 0 Å². The fourth-order valence-corrected chi connectivity index (χ4v) is 4.23. The molecular formula is C18H28N2. The van der Waals surface area contributed by atoms with Gasteiger partial charge in [-0.2, -0.15) is 0 Å². The lowest BCUT2D eigenvalue weighted by atomic mass is 9.77. The van der Waals surface area contributed by atoms with Gasteiger partial charge >= 0.3 is 0 Å². The summed E-state index contributed by atoms with van der Waals surface area (Å²) >= 11 is 0. The molecule has 0 aromatic heterocycles. The summed E-state index contributed by atoms with van der Waals surface area (Å²) in [6, 6.07) is 10.1. The van der Waals surface area contributed by atoms with Crippen LogP contribution in [-0.2, 0) is 0 Å². The molecule has 20 heavy (non-hydrogen) atoms. The summed E-state index contributed by atoms with van der Waals surface area (Å²) in [5.41, 5.74) is 3.06. The van der Waals surface area contributed by atoms with E-state index in [0.29, 0.717) is 18.0 Å². The summed E-state index contributed by atoms with van der Waals surface area (Å²) in [4.78, 5) is 2.74. The van der Waals surface area contributed by atoms with Crippen molar-refractivity contribution in [3.05, 3.63) is 35.4 Å². The van der Waals surface area contributed by atoms with Crippen molar-refractivity contribution < 1.29 is 0 Å². The molecule has 0 saturated carbocycles. The van der Waals surface area contributed by atoms with E-state index in [1.54, 1.807) is 5.56 Å². The lowest BCUT2D eigenvalue weighted by Gasteiger charge is -2.42. The van der Waals surface area contributed by atoms with E-state index in [4.69, 9.17) is 0 Å². The first kappa shape index (κ1) is 14.1. The first-order valence-corrected chi connectivity index (χ1v) is 8.12. The van der Waals surface area contributed by atoms with Gasteiger partial charge in [0.1, 0.15) is 0 Å². The van der Waals surface area contributed by atoms with Gasteiger partial charge in [-0.3, -0.25) is 4.90 Å². The van der Waals surface area contributed by atoms with Crippen LogP contribution in [0.25, 0.3) is 0 Å². The molecule has 0 amide bonds. The third-order valence-electron chi connectivity index (χ3n) is 5.64. The lowest BCUT2D eigenvalue weighted by Crippen LogP contribution is -2.46. The zero-order valence-corrected chi connectivity index (χ0v) is 13.3. The molecular weight excluding hydrogens is 244 g/mol. The molecule has 2 aliphatic rings. The van der Waals surface area contributed by atoms with E-state index in [0.717, 1.165) is 11.8 Å². The molecule has 1 heterocycles. The van der Waals surface area contributed by atoms with Gasteiger partial charge < -0.3 is 5.32 Å². The second kappa shape index (κ2) is 5.50. The molecule has 110 valence electrons. The predicted molar refractivity (Wildman–Crippen MR) is 85.0 cm³/mol. The van der Waals surface area contributed by atoms with Crippen LogP contribution in [-0.4, -0.2) is 31.1 Å². The number of benzene rings is 1. The van der Waals surface area contributed by atoms with Crippen molar-refractivity contribution in [2.45, 2.75) is 45.2 Å². The average Bonchev–Trinajstić information content (AvgIpc) is 2.78. The zero-order chi connectivity index (χ0) is 14.3. The van der Waals surface area contributed by atoms with Crippen LogP contribution in [0.3, 0.4) is 0 Å². The highest BCUT2D eigenvalue weighted by molar-refractivity contribution is 5.36. The largest absolute Gasteiger partial charge is 0.312 e. The molecule has 2 nitrogen and oxygen atoms in total. The number of nitrogens with one attached hydrogen (secondary N) is 1. The maximum absolute atomic E-state index is 3.60. The van der Waals surface area contributed by atoms with Gasteiger partial charge in [0.2, 0.25) is 0 Å². The van der Waals surface area contributed by atoms with Crippen LogP contribution in [0, 0.1) is 11.8 Å². The van der Waals surface area contributed by atoms with E-state index >= 15 is 0 Å². The van der Waals surface area contributed by atoms with Gasteiger partial charge in [0.25, 0.3) is 0 Å². The molecule has 2 heteroatoms. The molecule has 1 aliphatic carbocycles. The van der Waals surface area contributed by atoms with Gasteiger partial charge in [-0.15, -0.1) is 0 Å². The first-order valence-electron chi connectivity index (χ1n) is 8.12. The Hall–Kier alpha value is -0.860. The number of likely N-dealkylation sites (tertiary alicyclic amines) is 1. The molecule has 1 fully saturated rings. The minimum atomic E-state index is 0.486. The molecule has 1 aromatic carbocycles. The number of nitrogens with zero attached hydrogens (tertiary/aromatic N) is 1. The molecule has 1 aromatic rings. The molecule has 1 aliphatic heterocycles. The van der Waals surface area contributed by atoms with E-state index in [9.17, 15) is 0 Å². The average molecular weight is 272 g/mol. The second-order valence-corrected chi connectivity index (χ2v) is 7.01. The van der Waals surface area contributed by atoms with Crippen LogP contribution < -0.4 is 5.32 Å². The van der Waals surface area contributed by atoms with Gasteiger partial charge in [-0.25, -0.2) is 0 Å². The summed E-state index contributed by atoms with van der Waals surface area (Å²) in [7, 11) is 2.12. The van der Waals surface area contributed by atoms with Gasteiger partial charge in [0.05, 0.1) is 0 Å². The van der Waals surface area contributed by atoms with E-state index in [2.05, 4.69) is 62.3 Å². The molecule has 0 radical (unpaired) electrons. The maximum atomic E-state index is 3.60. The third-order valence-corrected chi connectivity index (χ3v) is 5.64. The number of fused-ring (bicyclic) bond motifs is 1. The number of likely N-dealkylation sites (N-methyl/N-ethyl adjacent to an activating group) is 1. The van der Waals surface area contributed by atoms with Gasteiger partial charge in [-0.1, -0.05) is 45.0 Å². The normalized spacial score (nSPS) is 37.9. The summed E-state index contributed by atoms with van der Waals surface area (Å²) in [6.45, 7) is 9.72. The smallest absolute Gasteiger partial charge is 0.0478 e. The van der Waals surface area contributed by atoms with Crippen LogP contribution in [0.2, 0.25) is 0 Å².